The smallest absolute Gasteiger partial charge is 0.189 e. The second kappa shape index (κ2) is 11.7. The van der Waals surface area contributed by atoms with Gasteiger partial charge < -0.3 is 25.3 Å². The van der Waals surface area contributed by atoms with Gasteiger partial charge in [0, 0.05) is 0 Å². The predicted molar refractivity (Wildman–Crippen MR) is 115 cm³/mol. The molecule has 0 fully saturated rings. The Morgan fingerprint density at radius 3 is 2.50 bits per heavy atom. The molecule has 0 heterocycles. The molecule has 0 bridgehead atoms. The lowest BCUT2D eigenvalue weighted by molar-refractivity contribution is 0.322. The molecule has 0 spiro atoms. The van der Waals surface area contributed by atoms with E-state index >= 15 is 0 Å². The highest BCUT2D eigenvalue weighted by Crippen LogP contribution is 2.27. The van der Waals surface area contributed by atoms with Gasteiger partial charge in [-0.05, 0) is 29.8 Å². The Kier molecular flexibility index (Phi) is 9.97. The number of aliphatic imine (C=N–C) groups is 1. The fraction of sp³-hybridized carbons (Fsp3) is 0.278. The number of hydrogen-bond donors (Lipinski definition) is 2. The van der Waals surface area contributed by atoms with Crippen molar-refractivity contribution in [2.75, 3.05) is 27.4 Å². The number of guanidine groups is 1. The van der Waals surface area contributed by atoms with Gasteiger partial charge in [0.1, 0.15) is 12.4 Å². The SMILES string of the molecule is COc1ccc(CN=C(N)NCCOc2ccccc2Cl)cc1OC.I. The zero-order valence-corrected chi connectivity index (χ0v) is 17.8. The maximum Gasteiger partial charge on any atom is 0.189 e. The first-order valence-electron chi connectivity index (χ1n) is 7.76. The van der Waals surface area contributed by atoms with Crippen LogP contribution in [0.1, 0.15) is 5.56 Å². The molecule has 0 radical (unpaired) electrons. The van der Waals surface area contributed by atoms with Gasteiger partial charge in [-0.3, -0.25) is 0 Å². The Bertz CT molecular complexity index is 729. The van der Waals surface area contributed by atoms with Gasteiger partial charge >= 0.3 is 0 Å². The van der Waals surface area contributed by atoms with Gasteiger partial charge in [-0.2, -0.15) is 0 Å². The van der Waals surface area contributed by atoms with Gasteiger partial charge in [-0.25, -0.2) is 4.99 Å². The largest absolute Gasteiger partial charge is 0.493 e. The van der Waals surface area contributed by atoms with E-state index in [9.17, 15) is 0 Å². The summed E-state index contributed by atoms with van der Waals surface area (Å²) >= 11 is 6.02. The summed E-state index contributed by atoms with van der Waals surface area (Å²) < 4.78 is 16.0. The number of methoxy groups -OCH3 is 2. The lowest BCUT2D eigenvalue weighted by Gasteiger charge is -2.10. The van der Waals surface area contributed by atoms with Crippen LogP contribution < -0.4 is 25.3 Å². The van der Waals surface area contributed by atoms with Crippen LogP contribution in [0.3, 0.4) is 0 Å². The summed E-state index contributed by atoms with van der Waals surface area (Å²) in [5.41, 5.74) is 6.83. The summed E-state index contributed by atoms with van der Waals surface area (Å²) in [6, 6.07) is 12.9. The lowest BCUT2D eigenvalue weighted by Crippen LogP contribution is -2.34. The minimum Gasteiger partial charge on any atom is -0.493 e. The van der Waals surface area contributed by atoms with Gasteiger partial charge in [0.25, 0.3) is 0 Å². The van der Waals surface area contributed by atoms with Crippen molar-refractivity contribution in [1.82, 2.24) is 5.32 Å². The number of nitrogens with zero attached hydrogens (tertiary/aromatic N) is 1. The molecular formula is C18H23ClIN3O3. The maximum absolute atomic E-state index is 6.02. The number of ether oxygens (including phenoxy) is 3. The number of benzene rings is 2. The summed E-state index contributed by atoms with van der Waals surface area (Å²) in [6.07, 6.45) is 0. The molecular weight excluding hydrogens is 469 g/mol. The van der Waals surface area contributed by atoms with Crippen LogP contribution in [0.15, 0.2) is 47.5 Å². The molecule has 6 nitrogen and oxygen atoms in total. The molecule has 2 aromatic rings. The monoisotopic (exact) mass is 491 g/mol. The summed E-state index contributed by atoms with van der Waals surface area (Å²) in [5, 5.41) is 3.58. The van der Waals surface area contributed by atoms with Crippen LogP contribution in [-0.4, -0.2) is 33.3 Å². The molecule has 0 aliphatic heterocycles. The van der Waals surface area contributed by atoms with Gasteiger partial charge in [0.05, 0.1) is 32.3 Å². The molecule has 0 atom stereocenters. The highest BCUT2D eigenvalue weighted by Gasteiger charge is 2.04. The molecule has 0 saturated heterocycles. The van der Waals surface area contributed by atoms with E-state index in [4.69, 9.17) is 31.5 Å². The number of rotatable bonds is 8. The Morgan fingerprint density at radius 1 is 1.08 bits per heavy atom. The third-order valence-corrected chi connectivity index (χ3v) is 3.69. The zero-order valence-electron chi connectivity index (χ0n) is 14.7. The number of halogens is 2. The third-order valence-electron chi connectivity index (χ3n) is 3.38. The molecule has 0 aromatic heterocycles. The standard InChI is InChI=1S/C18H22ClN3O3.HI/c1-23-16-8-7-13(11-17(16)24-2)12-22-18(20)21-9-10-25-15-6-4-3-5-14(15)19;/h3-8,11H,9-10,12H2,1-2H3,(H3,20,21,22);1H. The minimum atomic E-state index is 0. The molecule has 142 valence electrons. The first kappa shape index (κ1) is 22.2. The molecule has 3 N–H and O–H groups in total. The van der Waals surface area contributed by atoms with Gasteiger partial charge in [0.15, 0.2) is 17.5 Å². The van der Waals surface area contributed by atoms with E-state index in [1.807, 2.05) is 36.4 Å². The fourth-order valence-corrected chi connectivity index (χ4v) is 2.30. The Hall–Kier alpha value is -1.87. The Morgan fingerprint density at radius 2 is 1.81 bits per heavy atom. The summed E-state index contributed by atoms with van der Waals surface area (Å²) in [4.78, 5) is 4.29. The van der Waals surface area contributed by atoms with Crippen molar-refractivity contribution >= 4 is 41.5 Å². The van der Waals surface area contributed by atoms with E-state index in [2.05, 4.69) is 10.3 Å². The van der Waals surface area contributed by atoms with Gasteiger partial charge in [-0.15, -0.1) is 24.0 Å². The number of nitrogens with two attached hydrogens (primary N) is 1. The summed E-state index contributed by atoms with van der Waals surface area (Å²) in [5.74, 6) is 2.33. The number of hydrogen-bond acceptors (Lipinski definition) is 4. The topological polar surface area (TPSA) is 78.1 Å². The maximum atomic E-state index is 6.02. The van der Waals surface area contributed by atoms with E-state index in [-0.39, 0.29) is 24.0 Å². The summed E-state index contributed by atoms with van der Waals surface area (Å²) in [7, 11) is 3.20. The normalized spacial score (nSPS) is 10.7. The van der Waals surface area contributed by atoms with E-state index < -0.39 is 0 Å². The van der Waals surface area contributed by atoms with Crippen LogP contribution in [0.2, 0.25) is 5.02 Å². The van der Waals surface area contributed by atoms with Crippen molar-refractivity contribution in [1.29, 1.82) is 0 Å². The van der Waals surface area contributed by atoms with Crippen molar-refractivity contribution in [2.45, 2.75) is 6.54 Å². The molecule has 2 rings (SSSR count). The van der Waals surface area contributed by atoms with E-state index in [0.29, 0.717) is 47.9 Å². The third kappa shape index (κ3) is 6.80. The Labute approximate surface area is 175 Å². The molecule has 0 saturated carbocycles. The quantitative estimate of drug-likeness (QED) is 0.256. The number of nitrogens with one attached hydrogen (secondary N) is 1. The first-order valence-corrected chi connectivity index (χ1v) is 8.14. The molecule has 0 unspecified atom stereocenters. The second-order valence-corrected chi connectivity index (χ2v) is 5.50. The predicted octanol–water partition coefficient (Wildman–Crippen LogP) is 3.46. The van der Waals surface area contributed by atoms with Crippen LogP contribution in [0.5, 0.6) is 17.2 Å². The van der Waals surface area contributed by atoms with Crippen LogP contribution in [0, 0.1) is 0 Å². The lowest BCUT2D eigenvalue weighted by atomic mass is 10.2. The average molecular weight is 492 g/mol. The van der Waals surface area contributed by atoms with Crippen molar-refractivity contribution in [3.8, 4) is 17.2 Å². The number of para-hydroxylation sites is 1. The molecule has 0 aliphatic rings. The minimum absolute atomic E-state index is 0. The average Bonchev–Trinajstić information content (AvgIpc) is 2.64. The Balaban J connectivity index is 0.00000338. The fourth-order valence-electron chi connectivity index (χ4n) is 2.11. The van der Waals surface area contributed by atoms with Crippen LogP contribution in [-0.2, 0) is 6.54 Å². The zero-order chi connectivity index (χ0) is 18.1. The highest BCUT2D eigenvalue weighted by molar-refractivity contribution is 14.0. The van der Waals surface area contributed by atoms with E-state index in [1.165, 1.54) is 0 Å². The van der Waals surface area contributed by atoms with E-state index in [0.717, 1.165) is 5.56 Å². The van der Waals surface area contributed by atoms with Crippen molar-refractivity contribution in [3.63, 3.8) is 0 Å². The van der Waals surface area contributed by atoms with E-state index in [1.54, 1.807) is 20.3 Å². The van der Waals surface area contributed by atoms with Gasteiger partial charge in [0.2, 0.25) is 0 Å². The van der Waals surface area contributed by atoms with Crippen molar-refractivity contribution in [2.24, 2.45) is 10.7 Å². The molecule has 0 amide bonds. The highest BCUT2D eigenvalue weighted by atomic mass is 127. The van der Waals surface area contributed by atoms with Crippen molar-refractivity contribution < 1.29 is 14.2 Å². The van der Waals surface area contributed by atoms with Gasteiger partial charge in [-0.1, -0.05) is 29.8 Å². The molecule has 2 aromatic carbocycles. The van der Waals surface area contributed by atoms with Crippen molar-refractivity contribution in [3.05, 3.63) is 53.1 Å². The second-order valence-electron chi connectivity index (χ2n) is 5.10. The van der Waals surface area contributed by atoms with Crippen LogP contribution in [0.4, 0.5) is 0 Å². The van der Waals surface area contributed by atoms with Crippen LogP contribution >= 0.6 is 35.6 Å². The first-order chi connectivity index (χ1) is 12.1. The summed E-state index contributed by atoms with van der Waals surface area (Å²) in [6.45, 7) is 1.38. The molecule has 8 heteroatoms. The van der Waals surface area contributed by atoms with Crippen LogP contribution in [0.25, 0.3) is 0 Å². The molecule has 0 aliphatic carbocycles. The molecule has 26 heavy (non-hydrogen) atoms.